The van der Waals surface area contributed by atoms with Gasteiger partial charge in [0, 0.05) is 12.4 Å². The Hall–Kier alpha value is -4.01. The van der Waals surface area contributed by atoms with Gasteiger partial charge in [-0.05, 0) is 43.7 Å². The molecule has 5 rings (SSSR count). The average molecular weight is 400 g/mol. The van der Waals surface area contributed by atoms with Gasteiger partial charge in [0.2, 0.25) is 0 Å². The second kappa shape index (κ2) is 7.11. The summed E-state index contributed by atoms with van der Waals surface area (Å²) in [5.74, 6) is -0.192. The molecule has 0 radical (unpaired) electrons. The number of aryl methyl sites for hydroxylation is 2. The van der Waals surface area contributed by atoms with Gasteiger partial charge in [-0.3, -0.25) is 9.48 Å². The lowest BCUT2D eigenvalue weighted by Gasteiger charge is -2.03. The fourth-order valence-electron chi connectivity index (χ4n) is 3.39. The number of nitrogens with one attached hydrogen (secondary N) is 1. The molecule has 0 atom stereocenters. The second-order valence-corrected chi connectivity index (χ2v) is 7.31. The maximum Gasteiger partial charge on any atom is 0.254 e. The highest BCUT2D eigenvalue weighted by molar-refractivity contribution is 5.93. The molecule has 9 heteroatoms. The molecule has 9 nitrogen and oxygen atoms in total. The summed E-state index contributed by atoms with van der Waals surface area (Å²) in [5.41, 5.74) is 5.98. The predicted octanol–water partition coefficient (Wildman–Crippen LogP) is 2.17. The van der Waals surface area contributed by atoms with Crippen molar-refractivity contribution in [2.75, 3.05) is 0 Å². The minimum Gasteiger partial charge on any atom is -0.346 e. The lowest BCUT2D eigenvalue weighted by atomic mass is 10.2. The number of carbonyl (C=O) groups is 1. The number of nitrogens with zero attached hydrogens (tertiary/aromatic N) is 7. The van der Waals surface area contributed by atoms with Gasteiger partial charge >= 0.3 is 0 Å². The average Bonchev–Trinajstić information content (AvgIpc) is 3.44. The van der Waals surface area contributed by atoms with Crippen molar-refractivity contribution in [1.29, 1.82) is 0 Å². The van der Waals surface area contributed by atoms with Crippen molar-refractivity contribution >= 4 is 17.1 Å². The first kappa shape index (κ1) is 18.0. The summed E-state index contributed by atoms with van der Waals surface area (Å²) in [6.07, 6.45) is 8.86. The zero-order valence-corrected chi connectivity index (χ0v) is 16.6. The molecule has 0 aliphatic heterocycles. The number of aromatic nitrogens is 7. The van der Waals surface area contributed by atoms with Crippen LogP contribution in [-0.4, -0.2) is 39.7 Å². The molecule has 0 bridgehead atoms. The van der Waals surface area contributed by atoms with E-state index in [1.807, 2.05) is 48.8 Å². The molecule has 150 valence electrons. The first-order valence-corrected chi connectivity index (χ1v) is 9.60. The van der Waals surface area contributed by atoms with Gasteiger partial charge in [0.1, 0.15) is 0 Å². The van der Waals surface area contributed by atoms with Crippen LogP contribution in [0.25, 0.3) is 11.2 Å². The number of imidazole rings is 2. The van der Waals surface area contributed by atoms with Crippen LogP contribution in [0.3, 0.4) is 0 Å². The van der Waals surface area contributed by atoms with E-state index in [1.165, 1.54) is 0 Å². The van der Waals surface area contributed by atoms with Crippen molar-refractivity contribution in [2.24, 2.45) is 0 Å². The Morgan fingerprint density at radius 2 is 2.07 bits per heavy atom. The Balaban J connectivity index is 1.27. The number of amides is 1. The molecule has 0 spiro atoms. The smallest absolute Gasteiger partial charge is 0.254 e. The van der Waals surface area contributed by atoms with Crippen LogP contribution in [0.4, 0.5) is 0 Å². The third kappa shape index (κ3) is 3.41. The number of pyridine rings is 1. The number of hydrogen-bond acceptors (Lipinski definition) is 5. The van der Waals surface area contributed by atoms with Gasteiger partial charge in [0.05, 0.1) is 60.0 Å². The first-order valence-electron chi connectivity index (χ1n) is 9.60. The lowest BCUT2D eigenvalue weighted by Crippen LogP contribution is -2.22. The maximum atomic E-state index is 12.6. The summed E-state index contributed by atoms with van der Waals surface area (Å²) >= 11 is 0. The Morgan fingerprint density at radius 1 is 1.17 bits per heavy atom. The highest BCUT2D eigenvalue weighted by Gasteiger charge is 2.12. The number of carbonyl (C=O) groups excluding carboxylic acids is 1. The summed E-state index contributed by atoms with van der Waals surface area (Å²) < 4.78 is 5.38. The van der Waals surface area contributed by atoms with Gasteiger partial charge in [-0.1, -0.05) is 0 Å². The second-order valence-electron chi connectivity index (χ2n) is 7.31. The molecular formula is C21H20N8O. The SMILES string of the molecule is Cc1ccn2cnc(CNC(=O)c3cnn(Cc4cn5nc(C)ccc5n4)c3)c2c1. The number of rotatable bonds is 5. The van der Waals surface area contributed by atoms with E-state index in [1.54, 1.807) is 27.9 Å². The van der Waals surface area contributed by atoms with Gasteiger partial charge in [0.15, 0.2) is 5.65 Å². The predicted molar refractivity (Wildman–Crippen MR) is 110 cm³/mol. The molecule has 30 heavy (non-hydrogen) atoms. The topological polar surface area (TPSA) is 94.4 Å². The van der Waals surface area contributed by atoms with Gasteiger partial charge in [-0.2, -0.15) is 10.2 Å². The zero-order valence-electron chi connectivity index (χ0n) is 16.6. The van der Waals surface area contributed by atoms with Crippen LogP contribution in [0.15, 0.2) is 55.4 Å². The number of hydrogen-bond donors (Lipinski definition) is 1. The summed E-state index contributed by atoms with van der Waals surface area (Å²) in [5, 5.41) is 11.6. The summed E-state index contributed by atoms with van der Waals surface area (Å²) in [6, 6.07) is 7.92. The zero-order chi connectivity index (χ0) is 20.7. The van der Waals surface area contributed by atoms with E-state index in [2.05, 4.69) is 31.5 Å². The maximum absolute atomic E-state index is 12.6. The Labute approximate surface area is 172 Å². The number of fused-ring (bicyclic) bond motifs is 2. The molecule has 5 aromatic rings. The molecule has 5 heterocycles. The Morgan fingerprint density at radius 3 is 2.97 bits per heavy atom. The van der Waals surface area contributed by atoms with E-state index in [4.69, 9.17) is 0 Å². The van der Waals surface area contributed by atoms with Crippen molar-refractivity contribution in [3.05, 3.63) is 83.6 Å². The van der Waals surface area contributed by atoms with Crippen molar-refractivity contribution in [1.82, 2.24) is 39.1 Å². The lowest BCUT2D eigenvalue weighted by molar-refractivity contribution is 0.0950. The standard InChI is InChI=1S/C21H20N8O/c1-14-5-6-27-13-23-18(19(27)7-14)9-22-21(30)16-8-24-28(10-16)11-17-12-29-20(25-17)4-3-15(2)26-29/h3-8,10,12-13H,9,11H2,1-2H3,(H,22,30). The molecule has 0 saturated carbocycles. The van der Waals surface area contributed by atoms with Crippen LogP contribution in [0.5, 0.6) is 0 Å². The van der Waals surface area contributed by atoms with Crippen LogP contribution < -0.4 is 5.32 Å². The molecule has 5 aromatic heterocycles. The molecule has 0 fully saturated rings. The molecule has 0 saturated heterocycles. The highest BCUT2D eigenvalue weighted by atomic mass is 16.1. The van der Waals surface area contributed by atoms with Crippen LogP contribution in [-0.2, 0) is 13.1 Å². The van der Waals surface area contributed by atoms with Crippen LogP contribution >= 0.6 is 0 Å². The monoisotopic (exact) mass is 400 g/mol. The Bertz CT molecular complexity index is 1380. The van der Waals surface area contributed by atoms with Crippen LogP contribution in [0, 0.1) is 13.8 Å². The normalized spacial score (nSPS) is 11.4. The van der Waals surface area contributed by atoms with E-state index in [9.17, 15) is 4.79 Å². The quantitative estimate of drug-likeness (QED) is 0.488. The minimum absolute atomic E-state index is 0.192. The summed E-state index contributed by atoms with van der Waals surface area (Å²) in [7, 11) is 0. The van der Waals surface area contributed by atoms with Crippen LogP contribution in [0.2, 0.25) is 0 Å². The van der Waals surface area contributed by atoms with Gasteiger partial charge < -0.3 is 9.72 Å². The highest BCUT2D eigenvalue weighted by Crippen LogP contribution is 2.12. The van der Waals surface area contributed by atoms with E-state index in [-0.39, 0.29) is 5.91 Å². The summed E-state index contributed by atoms with van der Waals surface area (Å²) in [4.78, 5) is 21.5. The molecular weight excluding hydrogens is 380 g/mol. The third-order valence-electron chi connectivity index (χ3n) is 4.91. The fourth-order valence-corrected chi connectivity index (χ4v) is 3.39. The first-order chi connectivity index (χ1) is 14.5. The molecule has 0 aromatic carbocycles. The Kier molecular flexibility index (Phi) is 4.27. The van der Waals surface area contributed by atoms with Crippen molar-refractivity contribution in [3.63, 3.8) is 0 Å². The van der Waals surface area contributed by atoms with Crippen molar-refractivity contribution in [2.45, 2.75) is 26.9 Å². The largest absolute Gasteiger partial charge is 0.346 e. The van der Waals surface area contributed by atoms with Crippen molar-refractivity contribution in [3.8, 4) is 0 Å². The van der Waals surface area contributed by atoms with Gasteiger partial charge in [-0.25, -0.2) is 14.5 Å². The molecule has 0 aliphatic carbocycles. The fraction of sp³-hybridized carbons (Fsp3) is 0.190. The van der Waals surface area contributed by atoms with Crippen molar-refractivity contribution < 1.29 is 4.79 Å². The summed E-state index contributed by atoms with van der Waals surface area (Å²) in [6.45, 7) is 4.78. The van der Waals surface area contributed by atoms with E-state index < -0.39 is 0 Å². The molecule has 1 N–H and O–H groups in total. The third-order valence-corrected chi connectivity index (χ3v) is 4.91. The van der Waals surface area contributed by atoms with E-state index in [0.29, 0.717) is 18.7 Å². The van der Waals surface area contributed by atoms with Gasteiger partial charge in [-0.15, -0.1) is 0 Å². The molecule has 0 unspecified atom stereocenters. The van der Waals surface area contributed by atoms with E-state index in [0.717, 1.165) is 33.8 Å². The van der Waals surface area contributed by atoms with Crippen LogP contribution in [0.1, 0.15) is 33.0 Å². The molecule has 1 amide bonds. The molecule has 0 aliphatic rings. The van der Waals surface area contributed by atoms with Gasteiger partial charge in [0.25, 0.3) is 5.91 Å². The minimum atomic E-state index is -0.192. The van der Waals surface area contributed by atoms with E-state index >= 15 is 0 Å².